The van der Waals surface area contributed by atoms with Crippen molar-refractivity contribution in [3.63, 3.8) is 0 Å². The standard InChI is InChI=1S/C19H22Cl2N2O4S/c1-2-27-17-7-5-16(6-8-17)22-19(24)15-3-9-18(10-4-15)28(25,26)23(13-11-20)14-12-21/h3-10H,2,11-14H2,1H3,(H,22,24). The molecule has 0 aliphatic heterocycles. The molecule has 0 saturated carbocycles. The molecular weight excluding hydrogens is 423 g/mol. The van der Waals surface area contributed by atoms with Crippen LogP contribution in [0.15, 0.2) is 53.4 Å². The van der Waals surface area contributed by atoms with Gasteiger partial charge in [0.05, 0.1) is 11.5 Å². The van der Waals surface area contributed by atoms with E-state index in [0.29, 0.717) is 23.6 Å². The lowest BCUT2D eigenvalue weighted by Crippen LogP contribution is -2.34. The molecule has 1 amide bonds. The summed E-state index contributed by atoms with van der Waals surface area (Å²) in [6.45, 7) is 2.78. The van der Waals surface area contributed by atoms with Gasteiger partial charge in [-0.1, -0.05) is 0 Å². The van der Waals surface area contributed by atoms with Gasteiger partial charge in [0.15, 0.2) is 0 Å². The molecule has 0 spiro atoms. The van der Waals surface area contributed by atoms with Crippen LogP contribution in [0.4, 0.5) is 5.69 Å². The van der Waals surface area contributed by atoms with Crippen LogP contribution in [0.1, 0.15) is 17.3 Å². The number of carbonyl (C=O) groups is 1. The van der Waals surface area contributed by atoms with E-state index >= 15 is 0 Å². The second kappa shape index (κ2) is 10.7. The molecule has 28 heavy (non-hydrogen) atoms. The number of halogens is 2. The largest absolute Gasteiger partial charge is 0.494 e. The van der Waals surface area contributed by atoms with Crippen molar-refractivity contribution in [2.45, 2.75) is 11.8 Å². The molecule has 2 aromatic rings. The van der Waals surface area contributed by atoms with Gasteiger partial charge in [0, 0.05) is 36.1 Å². The third kappa shape index (κ3) is 5.85. The Kier molecular flexibility index (Phi) is 8.57. The molecule has 0 aliphatic rings. The van der Waals surface area contributed by atoms with Gasteiger partial charge in [-0.05, 0) is 55.5 Å². The Hall–Kier alpha value is -1.80. The second-order valence-corrected chi connectivity index (χ2v) is 8.41. The van der Waals surface area contributed by atoms with E-state index in [9.17, 15) is 13.2 Å². The summed E-state index contributed by atoms with van der Waals surface area (Å²) in [5.74, 6) is 0.706. The first-order valence-corrected chi connectivity index (χ1v) is 11.2. The van der Waals surface area contributed by atoms with E-state index in [1.807, 2.05) is 6.92 Å². The minimum atomic E-state index is -3.72. The molecule has 0 saturated heterocycles. The fourth-order valence-corrected chi connectivity index (χ4v) is 4.52. The van der Waals surface area contributed by atoms with Crippen LogP contribution < -0.4 is 10.1 Å². The molecular formula is C19H22Cl2N2O4S. The highest BCUT2D eigenvalue weighted by Crippen LogP contribution is 2.19. The van der Waals surface area contributed by atoms with Crippen LogP contribution in [0.2, 0.25) is 0 Å². The van der Waals surface area contributed by atoms with Gasteiger partial charge in [-0.2, -0.15) is 4.31 Å². The van der Waals surface area contributed by atoms with Crippen LogP contribution in [0.25, 0.3) is 0 Å². The highest BCUT2D eigenvalue weighted by Gasteiger charge is 2.23. The van der Waals surface area contributed by atoms with Crippen LogP contribution in [0.3, 0.4) is 0 Å². The number of carbonyl (C=O) groups excluding carboxylic acids is 1. The average Bonchev–Trinajstić information content (AvgIpc) is 2.69. The molecule has 9 heteroatoms. The molecule has 0 bridgehead atoms. The molecule has 0 unspecified atom stereocenters. The zero-order valence-corrected chi connectivity index (χ0v) is 17.7. The third-order valence-corrected chi connectivity index (χ3v) is 6.10. The van der Waals surface area contributed by atoms with E-state index < -0.39 is 10.0 Å². The van der Waals surface area contributed by atoms with Crippen LogP contribution in [0.5, 0.6) is 5.75 Å². The second-order valence-electron chi connectivity index (χ2n) is 5.72. The summed E-state index contributed by atoms with van der Waals surface area (Å²) < 4.78 is 31.9. The van der Waals surface area contributed by atoms with Crippen LogP contribution in [0, 0.1) is 0 Å². The zero-order valence-electron chi connectivity index (χ0n) is 15.4. The first kappa shape index (κ1) is 22.5. The molecule has 0 radical (unpaired) electrons. The molecule has 0 aliphatic carbocycles. The van der Waals surface area contributed by atoms with Crippen molar-refractivity contribution in [1.29, 1.82) is 0 Å². The Balaban J connectivity index is 2.11. The molecule has 2 aromatic carbocycles. The summed E-state index contributed by atoms with van der Waals surface area (Å²) in [7, 11) is -3.72. The lowest BCUT2D eigenvalue weighted by atomic mass is 10.2. The average molecular weight is 445 g/mol. The number of nitrogens with one attached hydrogen (secondary N) is 1. The van der Waals surface area contributed by atoms with Crippen LogP contribution in [-0.2, 0) is 10.0 Å². The highest BCUT2D eigenvalue weighted by atomic mass is 35.5. The van der Waals surface area contributed by atoms with Crippen molar-refractivity contribution >= 4 is 44.8 Å². The summed E-state index contributed by atoms with van der Waals surface area (Å²) in [4.78, 5) is 12.5. The maximum atomic E-state index is 12.7. The van der Waals surface area contributed by atoms with Crippen LogP contribution >= 0.6 is 23.2 Å². The van der Waals surface area contributed by atoms with E-state index in [1.54, 1.807) is 24.3 Å². The smallest absolute Gasteiger partial charge is 0.255 e. The van der Waals surface area contributed by atoms with Crippen molar-refractivity contribution in [3.8, 4) is 5.75 Å². The molecule has 6 nitrogen and oxygen atoms in total. The minimum Gasteiger partial charge on any atom is -0.494 e. The number of hydrogen-bond acceptors (Lipinski definition) is 4. The predicted octanol–water partition coefficient (Wildman–Crippen LogP) is 3.81. The maximum absolute atomic E-state index is 12.7. The molecule has 1 N–H and O–H groups in total. The summed E-state index contributed by atoms with van der Waals surface area (Å²) in [5.41, 5.74) is 0.953. The fraction of sp³-hybridized carbons (Fsp3) is 0.316. The quantitative estimate of drug-likeness (QED) is 0.565. The van der Waals surface area contributed by atoms with Gasteiger partial charge in [0.25, 0.3) is 5.91 Å². The molecule has 0 atom stereocenters. The number of nitrogens with zero attached hydrogens (tertiary/aromatic N) is 1. The predicted molar refractivity (Wildman–Crippen MR) is 112 cm³/mol. The van der Waals surface area contributed by atoms with Gasteiger partial charge in [0.2, 0.25) is 10.0 Å². The van der Waals surface area contributed by atoms with E-state index in [2.05, 4.69) is 5.32 Å². The van der Waals surface area contributed by atoms with Gasteiger partial charge in [-0.3, -0.25) is 4.79 Å². The Morgan fingerprint density at radius 3 is 2.07 bits per heavy atom. The normalized spacial score (nSPS) is 11.4. The van der Waals surface area contributed by atoms with Crippen molar-refractivity contribution in [1.82, 2.24) is 4.31 Å². The molecule has 2 rings (SSSR count). The Morgan fingerprint density at radius 2 is 1.57 bits per heavy atom. The maximum Gasteiger partial charge on any atom is 0.255 e. The summed E-state index contributed by atoms with van der Waals surface area (Å²) >= 11 is 11.4. The number of alkyl halides is 2. The monoisotopic (exact) mass is 444 g/mol. The summed E-state index contributed by atoms with van der Waals surface area (Å²) in [6, 6.07) is 12.7. The number of sulfonamides is 1. The minimum absolute atomic E-state index is 0.0837. The molecule has 0 aromatic heterocycles. The molecule has 0 heterocycles. The fourth-order valence-electron chi connectivity index (χ4n) is 2.47. The molecule has 152 valence electrons. The van der Waals surface area contributed by atoms with Crippen molar-refractivity contribution in [2.75, 3.05) is 36.8 Å². The number of rotatable bonds is 10. The van der Waals surface area contributed by atoms with Crippen molar-refractivity contribution < 1.29 is 17.9 Å². The van der Waals surface area contributed by atoms with Gasteiger partial charge in [-0.25, -0.2) is 8.42 Å². The lowest BCUT2D eigenvalue weighted by molar-refractivity contribution is 0.102. The topological polar surface area (TPSA) is 75.7 Å². The van der Waals surface area contributed by atoms with Crippen molar-refractivity contribution in [2.24, 2.45) is 0 Å². The highest BCUT2D eigenvalue weighted by molar-refractivity contribution is 7.89. The SMILES string of the molecule is CCOc1ccc(NC(=O)c2ccc(S(=O)(=O)N(CCCl)CCCl)cc2)cc1. The first-order valence-electron chi connectivity index (χ1n) is 8.68. The van der Waals surface area contributed by atoms with Crippen molar-refractivity contribution in [3.05, 3.63) is 54.1 Å². The number of hydrogen-bond donors (Lipinski definition) is 1. The van der Waals surface area contributed by atoms with Gasteiger partial charge < -0.3 is 10.1 Å². The number of amides is 1. The number of benzene rings is 2. The summed E-state index contributed by atoms with van der Waals surface area (Å²) in [6.07, 6.45) is 0. The Labute approximate surface area is 175 Å². The van der Waals surface area contributed by atoms with E-state index in [4.69, 9.17) is 27.9 Å². The van der Waals surface area contributed by atoms with E-state index in [1.165, 1.54) is 28.6 Å². The molecule has 0 fully saturated rings. The van der Waals surface area contributed by atoms with Gasteiger partial charge in [-0.15, -0.1) is 23.2 Å². The van der Waals surface area contributed by atoms with E-state index in [0.717, 1.165) is 0 Å². The Bertz CT molecular complexity index is 866. The zero-order chi connectivity index (χ0) is 20.6. The van der Waals surface area contributed by atoms with Gasteiger partial charge in [0.1, 0.15) is 5.75 Å². The number of ether oxygens (including phenoxy) is 1. The first-order chi connectivity index (χ1) is 13.4. The lowest BCUT2D eigenvalue weighted by Gasteiger charge is -2.20. The Morgan fingerprint density at radius 1 is 1.00 bits per heavy atom. The third-order valence-electron chi connectivity index (χ3n) is 3.85. The van der Waals surface area contributed by atoms with E-state index in [-0.39, 0.29) is 35.7 Å². The summed E-state index contributed by atoms with van der Waals surface area (Å²) in [5, 5.41) is 2.76. The van der Waals surface area contributed by atoms with Crippen LogP contribution in [-0.4, -0.2) is 50.1 Å². The number of anilines is 1. The van der Waals surface area contributed by atoms with Gasteiger partial charge >= 0.3 is 0 Å².